The Morgan fingerprint density at radius 1 is 1.14 bits per heavy atom. The molecule has 0 amide bonds. The number of phenolic OH excluding ortho intramolecular Hbond substituents is 1. The molecule has 0 fully saturated rings. The molecule has 0 bridgehead atoms. The van der Waals surface area contributed by atoms with Crippen molar-refractivity contribution in [3.63, 3.8) is 0 Å². The summed E-state index contributed by atoms with van der Waals surface area (Å²) >= 11 is 3.42. The number of rotatable bonds is 1. The fourth-order valence-corrected chi connectivity index (χ4v) is 3.14. The number of aliphatic hydroxyl groups is 1. The SMILES string of the molecule is Cc1cc(C2C[C@@H](O)c3ccc(Br)cc3O2)cc(C)c1O. The predicted molar refractivity (Wildman–Crippen MR) is 84.7 cm³/mol. The van der Waals surface area contributed by atoms with Crippen LogP contribution in [-0.4, -0.2) is 10.2 Å². The standard InChI is InChI=1S/C17H17BrO3/c1-9-5-11(6-10(2)17(9)20)15-8-14(19)13-4-3-12(18)7-16(13)21-15/h3-7,14-15,19-20H,8H2,1-2H3/t14-,15?/m1/s1. The van der Waals surface area contributed by atoms with E-state index in [0.29, 0.717) is 17.9 Å². The average Bonchev–Trinajstić information content (AvgIpc) is 2.43. The molecule has 110 valence electrons. The van der Waals surface area contributed by atoms with Crippen molar-refractivity contribution >= 4 is 15.9 Å². The van der Waals surface area contributed by atoms with Crippen molar-refractivity contribution in [2.24, 2.45) is 0 Å². The Morgan fingerprint density at radius 2 is 1.81 bits per heavy atom. The second-order valence-corrected chi connectivity index (χ2v) is 6.46. The van der Waals surface area contributed by atoms with E-state index in [2.05, 4.69) is 15.9 Å². The molecule has 1 unspecified atom stereocenters. The molecular formula is C17H17BrO3. The molecule has 2 atom stereocenters. The van der Waals surface area contributed by atoms with Gasteiger partial charge in [-0.05, 0) is 54.8 Å². The maximum atomic E-state index is 10.3. The fourth-order valence-electron chi connectivity index (χ4n) is 2.80. The lowest BCUT2D eigenvalue weighted by molar-refractivity contribution is 0.0656. The van der Waals surface area contributed by atoms with Crippen LogP contribution >= 0.6 is 15.9 Å². The first-order valence-electron chi connectivity index (χ1n) is 6.90. The molecule has 1 aliphatic rings. The third-order valence-electron chi connectivity index (χ3n) is 3.93. The van der Waals surface area contributed by atoms with Gasteiger partial charge < -0.3 is 14.9 Å². The van der Waals surface area contributed by atoms with Crippen molar-refractivity contribution in [3.8, 4) is 11.5 Å². The second kappa shape index (κ2) is 5.35. The lowest BCUT2D eigenvalue weighted by atomic mass is 9.93. The molecule has 1 aliphatic heterocycles. The topological polar surface area (TPSA) is 49.7 Å². The Labute approximate surface area is 132 Å². The van der Waals surface area contributed by atoms with Crippen LogP contribution in [0.25, 0.3) is 0 Å². The van der Waals surface area contributed by atoms with Crippen LogP contribution in [0.15, 0.2) is 34.8 Å². The maximum Gasteiger partial charge on any atom is 0.127 e. The summed E-state index contributed by atoms with van der Waals surface area (Å²) in [4.78, 5) is 0. The zero-order valence-electron chi connectivity index (χ0n) is 11.9. The van der Waals surface area contributed by atoms with E-state index in [9.17, 15) is 10.2 Å². The molecule has 0 aromatic heterocycles. The van der Waals surface area contributed by atoms with Crippen molar-refractivity contribution in [1.29, 1.82) is 0 Å². The van der Waals surface area contributed by atoms with Crippen molar-refractivity contribution in [2.45, 2.75) is 32.5 Å². The van der Waals surface area contributed by atoms with Gasteiger partial charge in [0.05, 0.1) is 6.10 Å². The lowest BCUT2D eigenvalue weighted by Gasteiger charge is -2.30. The smallest absolute Gasteiger partial charge is 0.127 e. The van der Waals surface area contributed by atoms with Gasteiger partial charge in [0, 0.05) is 16.5 Å². The molecule has 0 radical (unpaired) electrons. The highest BCUT2D eigenvalue weighted by atomic mass is 79.9. The van der Waals surface area contributed by atoms with Gasteiger partial charge in [-0.25, -0.2) is 0 Å². The van der Waals surface area contributed by atoms with Crippen LogP contribution < -0.4 is 4.74 Å². The van der Waals surface area contributed by atoms with Gasteiger partial charge in [-0.15, -0.1) is 0 Å². The number of hydrogen-bond acceptors (Lipinski definition) is 3. The minimum absolute atomic E-state index is 0.209. The quantitative estimate of drug-likeness (QED) is 0.806. The fraction of sp³-hybridized carbons (Fsp3) is 0.294. The number of aromatic hydroxyl groups is 1. The molecule has 0 saturated carbocycles. The van der Waals surface area contributed by atoms with Gasteiger partial charge in [0.1, 0.15) is 17.6 Å². The Kier molecular flexibility index (Phi) is 3.68. The molecule has 0 spiro atoms. The van der Waals surface area contributed by atoms with E-state index in [1.807, 2.05) is 44.2 Å². The van der Waals surface area contributed by atoms with E-state index in [4.69, 9.17) is 4.74 Å². The molecule has 21 heavy (non-hydrogen) atoms. The highest BCUT2D eigenvalue weighted by Gasteiger charge is 2.28. The summed E-state index contributed by atoms with van der Waals surface area (Å²) in [5.41, 5.74) is 3.44. The van der Waals surface area contributed by atoms with E-state index in [-0.39, 0.29) is 6.10 Å². The summed E-state index contributed by atoms with van der Waals surface area (Å²) in [6.07, 6.45) is -0.237. The third kappa shape index (κ3) is 2.65. The maximum absolute atomic E-state index is 10.3. The van der Waals surface area contributed by atoms with Crippen LogP contribution in [-0.2, 0) is 0 Å². The van der Waals surface area contributed by atoms with Gasteiger partial charge in [-0.3, -0.25) is 0 Å². The number of fused-ring (bicyclic) bond motifs is 1. The van der Waals surface area contributed by atoms with Gasteiger partial charge in [0.25, 0.3) is 0 Å². The summed E-state index contributed by atoms with van der Waals surface area (Å²) in [6.45, 7) is 3.74. The summed E-state index contributed by atoms with van der Waals surface area (Å²) in [5.74, 6) is 1.02. The monoisotopic (exact) mass is 348 g/mol. The summed E-state index contributed by atoms with van der Waals surface area (Å²) in [7, 11) is 0. The molecule has 4 heteroatoms. The number of hydrogen-bond donors (Lipinski definition) is 2. The van der Waals surface area contributed by atoms with E-state index in [1.165, 1.54) is 0 Å². The van der Waals surface area contributed by atoms with E-state index >= 15 is 0 Å². The third-order valence-corrected chi connectivity index (χ3v) is 4.42. The molecule has 3 rings (SSSR count). The van der Waals surface area contributed by atoms with Crippen LogP contribution in [0.4, 0.5) is 0 Å². The van der Waals surface area contributed by atoms with Crippen molar-refractivity contribution in [1.82, 2.24) is 0 Å². The zero-order chi connectivity index (χ0) is 15.1. The van der Waals surface area contributed by atoms with Gasteiger partial charge in [0.2, 0.25) is 0 Å². The molecule has 1 heterocycles. The van der Waals surface area contributed by atoms with Crippen LogP contribution in [0, 0.1) is 13.8 Å². The molecule has 0 saturated heterocycles. The Morgan fingerprint density at radius 3 is 2.48 bits per heavy atom. The largest absolute Gasteiger partial charge is 0.507 e. The Hall–Kier alpha value is -1.52. The number of aryl methyl sites for hydroxylation is 2. The number of phenols is 1. The van der Waals surface area contributed by atoms with Gasteiger partial charge in [-0.2, -0.15) is 0 Å². The first kappa shape index (κ1) is 14.4. The van der Waals surface area contributed by atoms with Gasteiger partial charge >= 0.3 is 0 Å². The molecule has 2 aromatic carbocycles. The number of halogens is 1. The Bertz CT molecular complexity index is 673. The molecule has 2 N–H and O–H groups in total. The van der Waals surface area contributed by atoms with Crippen LogP contribution in [0.5, 0.6) is 11.5 Å². The minimum Gasteiger partial charge on any atom is -0.507 e. The average molecular weight is 349 g/mol. The second-order valence-electron chi connectivity index (χ2n) is 5.54. The van der Waals surface area contributed by atoms with Crippen LogP contribution in [0.1, 0.15) is 40.9 Å². The van der Waals surface area contributed by atoms with E-state index in [0.717, 1.165) is 26.7 Å². The van der Waals surface area contributed by atoms with E-state index < -0.39 is 6.10 Å². The minimum atomic E-state index is -0.540. The predicted octanol–water partition coefficient (Wildman–Crippen LogP) is 4.33. The molecule has 0 aliphatic carbocycles. The van der Waals surface area contributed by atoms with Crippen LogP contribution in [0.3, 0.4) is 0 Å². The zero-order valence-corrected chi connectivity index (χ0v) is 13.5. The van der Waals surface area contributed by atoms with Crippen molar-refractivity contribution in [3.05, 3.63) is 57.1 Å². The molecule has 3 nitrogen and oxygen atoms in total. The first-order valence-corrected chi connectivity index (χ1v) is 7.69. The Balaban J connectivity index is 1.99. The lowest BCUT2D eigenvalue weighted by Crippen LogP contribution is -2.19. The molecular weight excluding hydrogens is 332 g/mol. The molecule has 2 aromatic rings. The highest BCUT2D eigenvalue weighted by molar-refractivity contribution is 9.10. The van der Waals surface area contributed by atoms with Gasteiger partial charge in [-0.1, -0.05) is 22.0 Å². The summed E-state index contributed by atoms with van der Waals surface area (Å²) < 4.78 is 6.97. The highest BCUT2D eigenvalue weighted by Crippen LogP contribution is 2.42. The number of aliphatic hydroxyl groups excluding tert-OH is 1. The van der Waals surface area contributed by atoms with E-state index in [1.54, 1.807) is 0 Å². The normalized spacial score (nSPS) is 20.8. The number of benzene rings is 2. The van der Waals surface area contributed by atoms with Crippen molar-refractivity contribution in [2.75, 3.05) is 0 Å². The van der Waals surface area contributed by atoms with Crippen LogP contribution in [0.2, 0.25) is 0 Å². The summed E-state index contributed by atoms with van der Waals surface area (Å²) in [5, 5.41) is 20.2. The van der Waals surface area contributed by atoms with Crippen molar-refractivity contribution < 1.29 is 14.9 Å². The van der Waals surface area contributed by atoms with Gasteiger partial charge in [0.15, 0.2) is 0 Å². The first-order chi connectivity index (χ1) is 9.95. The number of ether oxygens (including phenoxy) is 1. The summed E-state index contributed by atoms with van der Waals surface area (Å²) in [6, 6.07) is 9.50.